The molecule has 0 aliphatic carbocycles. The monoisotopic (exact) mass is 438 g/mol. The number of para-hydroxylation sites is 3. The van der Waals surface area contributed by atoms with Crippen LogP contribution >= 0.6 is 0 Å². The number of fused-ring (bicyclic) bond motifs is 1. The summed E-state index contributed by atoms with van der Waals surface area (Å²) in [6.45, 7) is 1.48. The molecule has 3 aromatic rings. The second kappa shape index (κ2) is 8.69. The van der Waals surface area contributed by atoms with Crippen molar-refractivity contribution in [3.8, 4) is 17.2 Å². The number of anilines is 2. The van der Waals surface area contributed by atoms with Crippen LogP contribution in [0.3, 0.4) is 0 Å². The minimum absolute atomic E-state index is 0.0709. The molecule has 31 heavy (non-hydrogen) atoms. The van der Waals surface area contributed by atoms with E-state index in [0.717, 1.165) is 0 Å². The molecule has 0 saturated heterocycles. The molecule has 4 rings (SSSR count). The fraction of sp³-hybridized carbons (Fsp3) is 0.174. The Balaban J connectivity index is 1.47. The van der Waals surface area contributed by atoms with Gasteiger partial charge >= 0.3 is 0 Å². The lowest BCUT2D eigenvalue weighted by atomic mass is 10.2. The first-order valence-corrected chi connectivity index (χ1v) is 11.5. The highest BCUT2D eigenvalue weighted by atomic mass is 32.2. The van der Waals surface area contributed by atoms with Gasteiger partial charge in [0.05, 0.1) is 18.0 Å². The summed E-state index contributed by atoms with van der Waals surface area (Å²) in [5.74, 6) is 1.21. The number of nitrogens with one attached hydrogen (secondary N) is 1. The normalized spacial score (nSPS) is 15.5. The zero-order valence-corrected chi connectivity index (χ0v) is 17.7. The molecule has 1 aliphatic rings. The van der Waals surface area contributed by atoms with Crippen LogP contribution in [0, 0.1) is 0 Å². The van der Waals surface area contributed by atoms with Crippen LogP contribution in [-0.4, -0.2) is 32.7 Å². The lowest BCUT2D eigenvalue weighted by molar-refractivity contribution is -0.122. The van der Waals surface area contributed by atoms with Gasteiger partial charge in [-0.1, -0.05) is 30.3 Å². The second-order valence-electron chi connectivity index (χ2n) is 6.93. The molecule has 0 unspecified atom stereocenters. The molecule has 160 valence electrons. The average molecular weight is 439 g/mol. The van der Waals surface area contributed by atoms with Crippen LogP contribution in [-0.2, 0) is 14.8 Å². The SMILES string of the molecule is CCS(=O)(=O)N1C[C@@H](C(=O)Nc2ccc(Oc3ccccc3)cc2)Oc2ccccc21. The maximum absolute atomic E-state index is 12.8. The van der Waals surface area contributed by atoms with Gasteiger partial charge in [0.25, 0.3) is 5.91 Å². The number of carbonyl (C=O) groups is 1. The molecule has 0 saturated carbocycles. The summed E-state index contributed by atoms with van der Waals surface area (Å²) in [5.41, 5.74) is 0.994. The second-order valence-corrected chi connectivity index (χ2v) is 9.12. The smallest absolute Gasteiger partial charge is 0.267 e. The molecule has 8 heteroatoms. The maximum atomic E-state index is 12.8. The summed E-state index contributed by atoms with van der Waals surface area (Å²) in [4.78, 5) is 12.8. The molecular formula is C23H22N2O5S. The molecular weight excluding hydrogens is 416 g/mol. The van der Waals surface area contributed by atoms with E-state index in [1.54, 1.807) is 55.5 Å². The highest BCUT2D eigenvalue weighted by Gasteiger charge is 2.35. The zero-order valence-electron chi connectivity index (χ0n) is 16.9. The first kappa shape index (κ1) is 20.7. The van der Waals surface area contributed by atoms with Gasteiger partial charge in [-0.15, -0.1) is 0 Å². The average Bonchev–Trinajstić information content (AvgIpc) is 2.80. The Morgan fingerprint density at radius 3 is 2.35 bits per heavy atom. The predicted octanol–water partition coefficient (Wildman–Crippen LogP) is 4.03. The van der Waals surface area contributed by atoms with E-state index in [0.29, 0.717) is 28.6 Å². The summed E-state index contributed by atoms with van der Waals surface area (Å²) in [6.07, 6.45) is -0.975. The molecule has 1 N–H and O–H groups in total. The van der Waals surface area contributed by atoms with Gasteiger partial charge in [-0.2, -0.15) is 0 Å². The van der Waals surface area contributed by atoms with E-state index in [4.69, 9.17) is 9.47 Å². The van der Waals surface area contributed by atoms with E-state index in [2.05, 4.69) is 5.32 Å². The number of benzene rings is 3. The number of hydrogen-bond acceptors (Lipinski definition) is 5. The van der Waals surface area contributed by atoms with Crippen LogP contribution in [0.25, 0.3) is 0 Å². The highest BCUT2D eigenvalue weighted by molar-refractivity contribution is 7.92. The summed E-state index contributed by atoms with van der Waals surface area (Å²) >= 11 is 0. The van der Waals surface area contributed by atoms with Gasteiger partial charge in [0, 0.05) is 5.69 Å². The van der Waals surface area contributed by atoms with Crippen molar-refractivity contribution in [2.24, 2.45) is 0 Å². The van der Waals surface area contributed by atoms with Crippen molar-refractivity contribution < 1.29 is 22.7 Å². The Labute approximate surface area is 181 Å². The van der Waals surface area contributed by atoms with Crippen molar-refractivity contribution in [2.45, 2.75) is 13.0 Å². The molecule has 0 bridgehead atoms. The summed E-state index contributed by atoms with van der Waals surface area (Å²) in [7, 11) is -3.55. The third kappa shape index (κ3) is 4.64. The molecule has 1 heterocycles. The number of ether oxygens (including phenoxy) is 2. The van der Waals surface area contributed by atoms with Gasteiger partial charge < -0.3 is 14.8 Å². The van der Waals surface area contributed by atoms with Crippen molar-refractivity contribution >= 4 is 27.3 Å². The number of amides is 1. The van der Waals surface area contributed by atoms with Crippen LogP contribution in [0.2, 0.25) is 0 Å². The summed E-state index contributed by atoms with van der Waals surface area (Å²) < 4.78 is 37.9. The van der Waals surface area contributed by atoms with Gasteiger partial charge in [0.2, 0.25) is 10.0 Å². The Morgan fingerprint density at radius 1 is 1.00 bits per heavy atom. The quantitative estimate of drug-likeness (QED) is 0.628. The van der Waals surface area contributed by atoms with Gasteiger partial charge in [-0.05, 0) is 55.5 Å². The number of nitrogens with zero attached hydrogens (tertiary/aromatic N) is 1. The topological polar surface area (TPSA) is 84.9 Å². The molecule has 0 spiro atoms. The van der Waals surface area contributed by atoms with E-state index in [1.807, 2.05) is 30.3 Å². The molecule has 1 atom stereocenters. The largest absolute Gasteiger partial charge is 0.476 e. The van der Waals surface area contributed by atoms with Gasteiger partial charge in [0.1, 0.15) is 17.2 Å². The molecule has 1 amide bonds. The zero-order chi connectivity index (χ0) is 21.8. The van der Waals surface area contributed by atoms with Gasteiger partial charge in [-0.3, -0.25) is 9.10 Å². The maximum Gasteiger partial charge on any atom is 0.267 e. The number of sulfonamides is 1. The Kier molecular flexibility index (Phi) is 5.81. The van der Waals surface area contributed by atoms with Crippen molar-refractivity contribution in [3.63, 3.8) is 0 Å². The van der Waals surface area contributed by atoms with E-state index >= 15 is 0 Å². The third-order valence-electron chi connectivity index (χ3n) is 4.83. The first-order valence-electron chi connectivity index (χ1n) is 9.86. The minimum atomic E-state index is -3.55. The van der Waals surface area contributed by atoms with Gasteiger partial charge in [0.15, 0.2) is 6.10 Å². The summed E-state index contributed by atoms with van der Waals surface area (Å²) in [6, 6.07) is 23.1. The lowest BCUT2D eigenvalue weighted by Crippen LogP contribution is -2.49. The minimum Gasteiger partial charge on any atom is -0.476 e. The fourth-order valence-electron chi connectivity index (χ4n) is 3.21. The van der Waals surface area contributed by atoms with E-state index in [9.17, 15) is 13.2 Å². The van der Waals surface area contributed by atoms with Crippen LogP contribution in [0.5, 0.6) is 17.2 Å². The standard InChI is InChI=1S/C23H22N2O5S/c1-2-31(27,28)25-16-22(30-21-11-7-6-10-20(21)25)23(26)24-17-12-14-19(15-13-17)29-18-8-4-3-5-9-18/h3-15,22H,2,16H2,1H3,(H,24,26)/t22-/m0/s1. The molecule has 3 aromatic carbocycles. The number of rotatable bonds is 6. The van der Waals surface area contributed by atoms with Crippen molar-refractivity contribution in [3.05, 3.63) is 78.9 Å². The van der Waals surface area contributed by atoms with E-state index in [1.165, 1.54) is 4.31 Å². The van der Waals surface area contributed by atoms with Crippen molar-refractivity contribution in [1.82, 2.24) is 0 Å². The van der Waals surface area contributed by atoms with Gasteiger partial charge in [-0.25, -0.2) is 8.42 Å². The number of hydrogen-bond donors (Lipinski definition) is 1. The van der Waals surface area contributed by atoms with Crippen molar-refractivity contribution in [2.75, 3.05) is 21.9 Å². The first-order chi connectivity index (χ1) is 15.0. The number of carbonyl (C=O) groups excluding carboxylic acids is 1. The predicted molar refractivity (Wildman–Crippen MR) is 119 cm³/mol. The Bertz CT molecular complexity index is 1160. The summed E-state index contributed by atoms with van der Waals surface area (Å²) in [5, 5.41) is 2.78. The fourth-order valence-corrected chi connectivity index (χ4v) is 4.34. The lowest BCUT2D eigenvalue weighted by Gasteiger charge is -2.34. The molecule has 0 aromatic heterocycles. The molecule has 1 aliphatic heterocycles. The third-order valence-corrected chi connectivity index (χ3v) is 6.58. The molecule has 0 radical (unpaired) electrons. The van der Waals surface area contributed by atoms with Crippen LogP contribution in [0.4, 0.5) is 11.4 Å². The Hall–Kier alpha value is -3.52. The van der Waals surface area contributed by atoms with Crippen LogP contribution < -0.4 is 19.1 Å². The molecule has 7 nitrogen and oxygen atoms in total. The van der Waals surface area contributed by atoms with E-state index in [-0.39, 0.29) is 12.3 Å². The van der Waals surface area contributed by atoms with Crippen LogP contribution in [0.15, 0.2) is 78.9 Å². The van der Waals surface area contributed by atoms with Crippen molar-refractivity contribution in [1.29, 1.82) is 0 Å². The van der Waals surface area contributed by atoms with Crippen LogP contribution in [0.1, 0.15) is 6.92 Å². The molecule has 0 fully saturated rings. The Morgan fingerprint density at radius 2 is 1.65 bits per heavy atom. The highest BCUT2D eigenvalue weighted by Crippen LogP contribution is 2.35. The van der Waals surface area contributed by atoms with E-state index < -0.39 is 22.0 Å².